The summed E-state index contributed by atoms with van der Waals surface area (Å²) in [6.45, 7) is 3.66. The van der Waals surface area contributed by atoms with Crippen LogP contribution in [0.2, 0.25) is 0 Å². The Morgan fingerprint density at radius 2 is 1.33 bits per heavy atom. The molecule has 2 aromatic rings. The number of hydrogen-bond donors (Lipinski definition) is 2. The van der Waals surface area contributed by atoms with Gasteiger partial charge in [-0.2, -0.15) is 0 Å². The van der Waals surface area contributed by atoms with E-state index in [0.29, 0.717) is 24.2 Å². The van der Waals surface area contributed by atoms with Crippen molar-refractivity contribution in [3.63, 3.8) is 0 Å². The first-order valence-corrected chi connectivity index (χ1v) is 11.2. The standard InChI is InChI=1S/C19H21IN2O4S/c1-3-17(20)19(24)22-14-7-11-16(12-8-14)27(25,26)15-9-5-13(6-10-15)21-18(23)4-2/h5-12,17H,3-4H2,1-2H3,(H,21,23)(H,22,24). The van der Waals surface area contributed by atoms with Crippen molar-refractivity contribution in [3.05, 3.63) is 48.5 Å². The molecule has 0 saturated carbocycles. The van der Waals surface area contributed by atoms with Crippen LogP contribution in [-0.2, 0) is 19.4 Å². The zero-order valence-electron chi connectivity index (χ0n) is 15.0. The smallest absolute Gasteiger partial charge is 0.237 e. The topological polar surface area (TPSA) is 92.3 Å². The lowest BCUT2D eigenvalue weighted by molar-refractivity contribution is -0.116. The highest BCUT2D eigenvalue weighted by Crippen LogP contribution is 2.24. The fourth-order valence-electron chi connectivity index (χ4n) is 2.23. The average Bonchev–Trinajstić information content (AvgIpc) is 2.68. The van der Waals surface area contributed by atoms with Gasteiger partial charge < -0.3 is 10.6 Å². The molecule has 2 rings (SSSR count). The maximum Gasteiger partial charge on any atom is 0.237 e. The molecule has 2 aromatic carbocycles. The molecule has 1 unspecified atom stereocenters. The molecule has 2 N–H and O–H groups in total. The zero-order valence-corrected chi connectivity index (χ0v) is 18.0. The first-order valence-electron chi connectivity index (χ1n) is 8.48. The number of sulfone groups is 1. The molecule has 0 aliphatic heterocycles. The monoisotopic (exact) mass is 500 g/mol. The molecular formula is C19H21IN2O4S. The Morgan fingerprint density at radius 1 is 0.889 bits per heavy atom. The summed E-state index contributed by atoms with van der Waals surface area (Å²) in [5.41, 5.74) is 1.09. The minimum Gasteiger partial charge on any atom is -0.326 e. The van der Waals surface area contributed by atoms with E-state index >= 15 is 0 Å². The van der Waals surface area contributed by atoms with E-state index in [1.807, 2.05) is 6.92 Å². The summed E-state index contributed by atoms with van der Waals surface area (Å²) >= 11 is 2.06. The normalized spacial score (nSPS) is 12.3. The van der Waals surface area contributed by atoms with Crippen molar-refractivity contribution >= 4 is 55.6 Å². The Labute approximate surface area is 172 Å². The number of carbonyl (C=O) groups is 2. The molecule has 8 heteroatoms. The van der Waals surface area contributed by atoms with E-state index in [1.54, 1.807) is 31.2 Å². The summed E-state index contributed by atoms with van der Waals surface area (Å²) in [6.07, 6.45) is 1.06. The third kappa shape index (κ3) is 5.52. The first kappa shape index (κ1) is 21.4. The second-order valence-electron chi connectivity index (χ2n) is 5.82. The van der Waals surface area contributed by atoms with Crippen molar-refractivity contribution in [3.8, 4) is 0 Å². The van der Waals surface area contributed by atoms with E-state index in [1.165, 1.54) is 24.3 Å². The van der Waals surface area contributed by atoms with Crippen molar-refractivity contribution in [1.82, 2.24) is 0 Å². The predicted octanol–water partition coefficient (Wildman–Crippen LogP) is 4.02. The van der Waals surface area contributed by atoms with Crippen LogP contribution in [0.5, 0.6) is 0 Å². The van der Waals surface area contributed by atoms with E-state index in [-0.39, 0.29) is 25.5 Å². The third-order valence-corrected chi connectivity index (χ3v) is 7.08. The molecule has 0 spiro atoms. The molecule has 0 bridgehead atoms. The van der Waals surface area contributed by atoms with Gasteiger partial charge in [-0.1, -0.05) is 36.4 Å². The van der Waals surface area contributed by atoms with Gasteiger partial charge in [0.15, 0.2) is 0 Å². The minimum atomic E-state index is -3.68. The van der Waals surface area contributed by atoms with E-state index in [4.69, 9.17) is 0 Å². The highest BCUT2D eigenvalue weighted by molar-refractivity contribution is 14.1. The van der Waals surface area contributed by atoms with Gasteiger partial charge in [0.2, 0.25) is 21.7 Å². The summed E-state index contributed by atoms with van der Waals surface area (Å²) in [6, 6.07) is 12.1. The number of carbonyl (C=O) groups excluding carboxylic acids is 2. The Kier molecular flexibility index (Phi) is 7.37. The second kappa shape index (κ2) is 9.32. The van der Waals surface area contributed by atoms with Crippen molar-refractivity contribution in [1.29, 1.82) is 0 Å². The molecule has 0 aliphatic carbocycles. The van der Waals surface area contributed by atoms with E-state index < -0.39 is 9.84 Å². The van der Waals surface area contributed by atoms with Gasteiger partial charge in [-0.05, 0) is 55.0 Å². The van der Waals surface area contributed by atoms with Gasteiger partial charge in [0.25, 0.3) is 0 Å². The predicted molar refractivity (Wildman–Crippen MR) is 114 cm³/mol. The van der Waals surface area contributed by atoms with E-state index in [2.05, 4.69) is 33.2 Å². The van der Waals surface area contributed by atoms with Crippen LogP contribution in [0.1, 0.15) is 26.7 Å². The summed E-state index contributed by atoms with van der Waals surface area (Å²) in [5.74, 6) is -0.251. The highest BCUT2D eigenvalue weighted by Gasteiger charge is 2.18. The summed E-state index contributed by atoms with van der Waals surface area (Å²) < 4.78 is 25.3. The number of rotatable bonds is 7. The Hall–Kier alpha value is -1.94. The lowest BCUT2D eigenvalue weighted by Gasteiger charge is -2.10. The van der Waals surface area contributed by atoms with Crippen LogP contribution >= 0.6 is 22.6 Å². The van der Waals surface area contributed by atoms with Crippen LogP contribution in [0.15, 0.2) is 58.3 Å². The molecule has 0 saturated heterocycles. The zero-order chi connectivity index (χ0) is 20.0. The molecule has 27 heavy (non-hydrogen) atoms. The maximum absolute atomic E-state index is 12.7. The first-order chi connectivity index (χ1) is 12.8. The molecule has 2 amide bonds. The fraction of sp³-hybridized carbons (Fsp3) is 0.263. The lowest BCUT2D eigenvalue weighted by Crippen LogP contribution is -2.21. The number of alkyl halides is 1. The molecule has 6 nitrogen and oxygen atoms in total. The van der Waals surface area contributed by atoms with Crippen molar-refractivity contribution in [2.24, 2.45) is 0 Å². The number of nitrogens with one attached hydrogen (secondary N) is 2. The molecule has 144 valence electrons. The molecule has 0 heterocycles. The number of amides is 2. The fourth-order valence-corrected chi connectivity index (χ4v) is 3.64. The van der Waals surface area contributed by atoms with Crippen LogP contribution < -0.4 is 10.6 Å². The van der Waals surface area contributed by atoms with Crippen molar-refractivity contribution in [2.45, 2.75) is 40.4 Å². The number of halogens is 1. The van der Waals surface area contributed by atoms with Gasteiger partial charge in [0.1, 0.15) is 0 Å². The van der Waals surface area contributed by atoms with Crippen LogP contribution in [-0.4, -0.2) is 24.2 Å². The van der Waals surface area contributed by atoms with Gasteiger partial charge >= 0.3 is 0 Å². The number of benzene rings is 2. The largest absolute Gasteiger partial charge is 0.326 e. The van der Waals surface area contributed by atoms with Crippen LogP contribution in [0, 0.1) is 0 Å². The minimum absolute atomic E-state index is 0.113. The van der Waals surface area contributed by atoms with Crippen molar-refractivity contribution in [2.75, 3.05) is 10.6 Å². The van der Waals surface area contributed by atoms with Gasteiger partial charge in [-0.3, -0.25) is 9.59 Å². The maximum atomic E-state index is 12.7. The summed E-state index contributed by atoms with van der Waals surface area (Å²) in [7, 11) is -3.68. The Bertz CT molecular complexity index is 910. The molecule has 1 atom stereocenters. The van der Waals surface area contributed by atoms with E-state index in [9.17, 15) is 18.0 Å². The van der Waals surface area contributed by atoms with Gasteiger partial charge in [0.05, 0.1) is 13.7 Å². The van der Waals surface area contributed by atoms with Crippen LogP contribution in [0.4, 0.5) is 11.4 Å². The molecule has 0 aromatic heterocycles. The quantitative estimate of drug-likeness (QED) is 0.444. The van der Waals surface area contributed by atoms with E-state index in [0.717, 1.165) is 0 Å². The molecule has 0 fully saturated rings. The molecule has 0 radical (unpaired) electrons. The summed E-state index contributed by atoms with van der Waals surface area (Å²) in [4.78, 5) is 23.6. The average molecular weight is 500 g/mol. The van der Waals surface area contributed by atoms with Crippen LogP contribution in [0.3, 0.4) is 0 Å². The second-order valence-corrected chi connectivity index (χ2v) is 9.27. The lowest BCUT2D eigenvalue weighted by atomic mass is 10.3. The van der Waals surface area contributed by atoms with Crippen molar-refractivity contribution < 1.29 is 18.0 Å². The number of hydrogen-bond acceptors (Lipinski definition) is 4. The summed E-state index contributed by atoms with van der Waals surface area (Å²) in [5, 5.41) is 5.44. The Balaban J connectivity index is 2.16. The highest BCUT2D eigenvalue weighted by atomic mass is 127. The Morgan fingerprint density at radius 3 is 1.74 bits per heavy atom. The third-order valence-electron chi connectivity index (χ3n) is 3.84. The molecular weight excluding hydrogens is 479 g/mol. The van der Waals surface area contributed by atoms with Gasteiger partial charge in [0, 0.05) is 17.8 Å². The number of anilines is 2. The van der Waals surface area contributed by atoms with Gasteiger partial charge in [-0.15, -0.1) is 0 Å². The molecule has 0 aliphatic rings. The van der Waals surface area contributed by atoms with Crippen LogP contribution in [0.25, 0.3) is 0 Å². The SMILES string of the molecule is CCC(=O)Nc1ccc(S(=O)(=O)c2ccc(NC(=O)C(I)CC)cc2)cc1. The van der Waals surface area contributed by atoms with Gasteiger partial charge in [-0.25, -0.2) is 8.42 Å².